The summed E-state index contributed by atoms with van der Waals surface area (Å²) in [6.07, 6.45) is 10.1. The van der Waals surface area contributed by atoms with Crippen molar-refractivity contribution in [2.24, 2.45) is 7.05 Å². The summed E-state index contributed by atoms with van der Waals surface area (Å²) in [5.74, 6) is 0.763. The molecule has 9 nitrogen and oxygen atoms in total. The van der Waals surface area contributed by atoms with Crippen molar-refractivity contribution in [1.82, 2.24) is 34.6 Å². The molecule has 2 atom stereocenters. The van der Waals surface area contributed by atoms with Crippen molar-refractivity contribution < 1.29 is 9.18 Å². The average molecular weight is 487 g/mol. The number of aryl methyl sites for hydroxylation is 1. The number of benzene rings is 1. The lowest BCUT2D eigenvalue weighted by Crippen LogP contribution is -2.44. The number of carbonyl (C=O) groups is 1. The maximum atomic E-state index is 14.5. The van der Waals surface area contributed by atoms with E-state index in [4.69, 9.17) is 9.97 Å². The summed E-state index contributed by atoms with van der Waals surface area (Å²) in [6.45, 7) is 4.20. The molecule has 4 aromatic rings. The fourth-order valence-corrected chi connectivity index (χ4v) is 4.58. The summed E-state index contributed by atoms with van der Waals surface area (Å²) in [6, 6.07) is 6.69. The number of rotatable bonds is 5. The third kappa shape index (κ3) is 5.07. The van der Waals surface area contributed by atoms with Gasteiger partial charge in [0.2, 0.25) is 5.91 Å². The molecule has 0 aliphatic carbocycles. The van der Waals surface area contributed by atoms with E-state index in [1.54, 1.807) is 42.5 Å². The highest BCUT2D eigenvalue weighted by molar-refractivity contribution is 5.74. The van der Waals surface area contributed by atoms with E-state index >= 15 is 0 Å². The molecular weight excluding hydrogens is 459 g/mol. The number of nitrogens with zero attached hydrogens (tertiary/aromatic N) is 7. The molecule has 3 aromatic heterocycles. The number of likely N-dealkylation sites (tertiary alicyclic amines) is 1. The van der Waals surface area contributed by atoms with Crippen LogP contribution in [-0.2, 0) is 11.8 Å². The van der Waals surface area contributed by atoms with Crippen molar-refractivity contribution in [2.75, 3.05) is 11.9 Å². The quantitative estimate of drug-likeness (QED) is 0.448. The van der Waals surface area contributed by atoms with Gasteiger partial charge in [0.1, 0.15) is 23.2 Å². The number of carbonyl (C=O) groups excluding carboxylic acids is 1. The Hall–Kier alpha value is -4.21. The van der Waals surface area contributed by atoms with Gasteiger partial charge in [-0.05, 0) is 43.5 Å². The molecule has 0 bridgehead atoms. The zero-order valence-corrected chi connectivity index (χ0v) is 20.4. The molecule has 1 saturated heterocycles. The van der Waals surface area contributed by atoms with Gasteiger partial charge in [0.25, 0.3) is 0 Å². The molecule has 36 heavy (non-hydrogen) atoms. The minimum absolute atomic E-state index is 0.0271. The molecule has 1 aromatic carbocycles. The van der Waals surface area contributed by atoms with Gasteiger partial charge in [0.15, 0.2) is 0 Å². The van der Waals surface area contributed by atoms with Gasteiger partial charge in [0.05, 0.1) is 18.1 Å². The molecule has 1 amide bonds. The Morgan fingerprint density at radius 3 is 2.64 bits per heavy atom. The number of amides is 1. The summed E-state index contributed by atoms with van der Waals surface area (Å²) in [5, 5.41) is 7.43. The lowest BCUT2D eigenvalue weighted by Gasteiger charge is -2.37. The third-order valence-electron chi connectivity index (χ3n) is 6.43. The van der Waals surface area contributed by atoms with Crippen molar-refractivity contribution >= 4 is 17.4 Å². The van der Waals surface area contributed by atoms with Gasteiger partial charge < -0.3 is 10.2 Å². The Morgan fingerprint density at radius 1 is 1.06 bits per heavy atom. The van der Waals surface area contributed by atoms with E-state index in [-0.39, 0.29) is 23.7 Å². The van der Waals surface area contributed by atoms with Crippen LogP contribution in [0.25, 0.3) is 22.5 Å². The van der Waals surface area contributed by atoms with E-state index < -0.39 is 0 Å². The molecule has 1 aliphatic rings. The topological polar surface area (TPSA) is 102 Å². The summed E-state index contributed by atoms with van der Waals surface area (Å²) in [7, 11) is 1.82. The fraction of sp³-hybridized carbons (Fsp3) is 0.308. The molecule has 0 saturated carbocycles. The molecule has 1 aliphatic heterocycles. The molecule has 184 valence electrons. The molecule has 5 rings (SSSR count). The summed E-state index contributed by atoms with van der Waals surface area (Å²) >= 11 is 0. The Bertz CT molecular complexity index is 1390. The van der Waals surface area contributed by atoms with E-state index in [2.05, 4.69) is 27.3 Å². The molecule has 1 N–H and O–H groups in total. The van der Waals surface area contributed by atoms with Crippen LogP contribution in [0.15, 0.2) is 55.2 Å². The number of hydrogen-bond donors (Lipinski definition) is 1. The monoisotopic (exact) mass is 486 g/mol. The molecule has 0 unspecified atom stereocenters. The van der Waals surface area contributed by atoms with Gasteiger partial charge in [-0.3, -0.25) is 19.4 Å². The van der Waals surface area contributed by atoms with E-state index in [0.29, 0.717) is 40.8 Å². The van der Waals surface area contributed by atoms with Crippen LogP contribution in [0, 0.1) is 5.82 Å². The van der Waals surface area contributed by atoms with Crippen molar-refractivity contribution in [1.29, 1.82) is 0 Å². The lowest BCUT2D eigenvalue weighted by atomic mass is 9.92. The maximum Gasteiger partial charge on any atom is 0.219 e. The minimum Gasteiger partial charge on any atom is -0.340 e. The van der Waals surface area contributed by atoms with Crippen LogP contribution in [0.3, 0.4) is 0 Å². The van der Waals surface area contributed by atoms with Gasteiger partial charge in [0, 0.05) is 68.4 Å². The van der Waals surface area contributed by atoms with Crippen molar-refractivity contribution in [2.45, 2.75) is 38.6 Å². The highest BCUT2D eigenvalue weighted by atomic mass is 19.1. The molecule has 10 heteroatoms. The SMILES string of the molecule is CC(=O)N1C[C@H](c2nc(Nc3cc(F)cc(-c4cnn(C)c4)c3)cc(-c3cnccn3)n2)CC[C@@H]1C. The smallest absolute Gasteiger partial charge is 0.219 e. The van der Waals surface area contributed by atoms with E-state index in [0.717, 1.165) is 18.4 Å². The standard InChI is InChI=1S/C26H27FN8O/c1-16-4-5-18(15-35(16)17(2)36)26-32-23(24-13-28-6-7-29-24)11-25(33-26)31-22-9-19(8-21(27)10-22)20-12-30-34(3)14-20/h6-14,16,18H,4-5,15H2,1-3H3,(H,31,32,33)/t16-,18+/m0/s1. The van der Waals surface area contributed by atoms with E-state index in [1.165, 1.54) is 12.1 Å². The van der Waals surface area contributed by atoms with Crippen LogP contribution in [0.2, 0.25) is 0 Å². The molecule has 1 fully saturated rings. The van der Waals surface area contributed by atoms with Gasteiger partial charge in [-0.1, -0.05) is 0 Å². The van der Waals surface area contributed by atoms with Crippen LogP contribution in [-0.4, -0.2) is 53.1 Å². The van der Waals surface area contributed by atoms with Gasteiger partial charge in [-0.2, -0.15) is 5.10 Å². The Balaban J connectivity index is 1.52. The second kappa shape index (κ2) is 9.80. The first-order chi connectivity index (χ1) is 17.4. The first-order valence-electron chi connectivity index (χ1n) is 11.8. The number of nitrogens with one attached hydrogen (secondary N) is 1. The van der Waals surface area contributed by atoms with Crippen LogP contribution < -0.4 is 5.32 Å². The van der Waals surface area contributed by atoms with Crippen LogP contribution >= 0.6 is 0 Å². The number of piperidine rings is 1. The third-order valence-corrected chi connectivity index (χ3v) is 6.43. The number of aromatic nitrogens is 6. The molecule has 0 spiro atoms. The highest BCUT2D eigenvalue weighted by Gasteiger charge is 2.30. The summed E-state index contributed by atoms with van der Waals surface area (Å²) in [5.41, 5.74) is 3.27. The average Bonchev–Trinajstić information content (AvgIpc) is 3.30. The zero-order chi connectivity index (χ0) is 25.2. The molecule has 4 heterocycles. The Labute approximate surface area is 208 Å². The summed E-state index contributed by atoms with van der Waals surface area (Å²) in [4.78, 5) is 32.2. The number of halogens is 1. The highest BCUT2D eigenvalue weighted by Crippen LogP contribution is 2.32. The van der Waals surface area contributed by atoms with Crippen LogP contribution in [0.5, 0.6) is 0 Å². The number of hydrogen-bond acceptors (Lipinski definition) is 7. The number of anilines is 2. The summed E-state index contributed by atoms with van der Waals surface area (Å²) < 4.78 is 16.2. The van der Waals surface area contributed by atoms with Crippen molar-refractivity contribution in [3.05, 3.63) is 66.9 Å². The predicted molar refractivity (Wildman–Crippen MR) is 134 cm³/mol. The van der Waals surface area contributed by atoms with Gasteiger partial charge in [-0.15, -0.1) is 0 Å². The van der Waals surface area contributed by atoms with Crippen molar-refractivity contribution in [3.63, 3.8) is 0 Å². The predicted octanol–water partition coefficient (Wildman–Crippen LogP) is 4.33. The second-order valence-electron chi connectivity index (χ2n) is 9.14. The second-order valence-corrected chi connectivity index (χ2v) is 9.14. The first kappa shape index (κ1) is 23.5. The Kier molecular flexibility index (Phi) is 6.41. The van der Waals surface area contributed by atoms with Gasteiger partial charge >= 0.3 is 0 Å². The Morgan fingerprint density at radius 2 is 1.92 bits per heavy atom. The van der Waals surface area contributed by atoms with E-state index in [9.17, 15) is 9.18 Å². The lowest BCUT2D eigenvalue weighted by molar-refractivity contribution is -0.132. The zero-order valence-electron chi connectivity index (χ0n) is 20.4. The largest absolute Gasteiger partial charge is 0.340 e. The normalized spacial score (nSPS) is 17.7. The molecular formula is C26H27FN8O. The fourth-order valence-electron chi connectivity index (χ4n) is 4.58. The van der Waals surface area contributed by atoms with Crippen LogP contribution in [0.1, 0.15) is 38.4 Å². The van der Waals surface area contributed by atoms with Gasteiger partial charge in [-0.25, -0.2) is 14.4 Å². The molecule has 0 radical (unpaired) electrons. The van der Waals surface area contributed by atoms with E-state index in [1.807, 2.05) is 24.2 Å². The van der Waals surface area contributed by atoms with Crippen LogP contribution in [0.4, 0.5) is 15.9 Å². The van der Waals surface area contributed by atoms with Crippen molar-refractivity contribution in [3.8, 4) is 22.5 Å². The first-order valence-corrected chi connectivity index (χ1v) is 11.8. The minimum atomic E-state index is -0.374. The maximum absolute atomic E-state index is 14.5.